The minimum Gasteiger partial charge on any atom is -0.309 e. The van der Waals surface area contributed by atoms with Crippen LogP contribution in [-0.2, 0) is 0 Å². The SMILES string of the molecule is c1ccc(-c2nc(-c3ccccc3)nc(-c3ccc4sc5ccc(-c6ccc7c(c6)c6cc(-c8ccc9c(c8)c8ccccc8n9-c8ccccc8)ccc6n7-c6ccccc6)cc5c4c3)n2)cc1. The number of rotatable bonds is 7. The van der Waals surface area contributed by atoms with Crippen LogP contribution >= 0.6 is 11.3 Å². The molecule has 4 aromatic heterocycles. The number of nitrogens with zero attached hydrogens (tertiary/aromatic N) is 5. The highest BCUT2D eigenvalue weighted by atomic mass is 32.1. The lowest BCUT2D eigenvalue weighted by molar-refractivity contribution is 1.07. The maximum absolute atomic E-state index is 5.05. The Morgan fingerprint density at radius 1 is 0.246 bits per heavy atom. The van der Waals surface area contributed by atoms with E-state index in [0.717, 1.165) is 28.1 Å². The fraction of sp³-hybridized carbons (Fsp3) is 0. The molecule has 0 saturated carbocycles. The quantitative estimate of drug-likeness (QED) is 0.160. The van der Waals surface area contributed by atoms with E-state index in [1.54, 1.807) is 0 Å². The molecule has 0 atom stereocenters. The lowest BCUT2D eigenvalue weighted by Crippen LogP contribution is -2.00. The molecule has 0 spiro atoms. The fourth-order valence-electron chi connectivity index (χ4n) is 10.3. The third-order valence-electron chi connectivity index (χ3n) is 13.6. The maximum Gasteiger partial charge on any atom is 0.164 e. The van der Waals surface area contributed by atoms with Gasteiger partial charge in [0.15, 0.2) is 17.5 Å². The second-order valence-corrected chi connectivity index (χ2v) is 18.7. The van der Waals surface area contributed by atoms with E-state index in [9.17, 15) is 0 Å². The van der Waals surface area contributed by atoms with Gasteiger partial charge in [0.1, 0.15) is 0 Å². The van der Waals surface area contributed by atoms with Crippen molar-refractivity contribution in [1.82, 2.24) is 24.1 Å². The number of thiophene rings is 1. The van der Waals surface area contributed by atoms with Crippen molar-refractivity contribution >= 4 is 75.1 Å². The Labute approximate surface area is 401 Å². The first-order valence-corrected chi connectivity index (χ1v) is 24.1. The first-order chi connectivity index (χ1) is 34.2. The molecule has 322 valence electrons. The van der Waals surface area contributed by atoms with E-state index in [4.69, 9.17) is 15.0 Å². The van der Waals surface area contributed by atoms with E-state index in [-0.39, 0.29) is 0 Å². The minimum absolute atomic E-state index is 0.651. The summed E-state index contributed by atoms with van der Waals surface area (Å²) in [4.78, 5) is 15.0. The zero-order valence-electron chi connectivity index (χ0n) is 37.2. The van der Waals surface area contributed by atoms with Gasteiger partial charge in [-0.2, -0.15) is 0 Å². The van der Waals surface area contributed by atoms with Crippen LogP contribution in [0.4, 0.5) is 0 Å². The Hall–Kier alpha value is -8.97. The van der Waals surface area contributed by atoms with E-state index in [1.165, 1.54) is 86.0 Å². The molecule has 0 amide bonds. The topological polar surface area (TPSA) is 48.5 Å². The second kappa shape index (κ2) is 15.8. The molecule has 0 fully saturated rings. The summed E-state index contributed by atoms with van der Waals surface area (Å²) in [5.74, 6) is 1.96. The zero-order valence-corrected chi connectivity index (χ0v) is 38.0. The summed E-state index contributed by atoms with van der Waals surface area (Å²) >= 11 is 1.82. The third kappa shape index (κ3) is 6.56. The van der Waals surface area contributed by atoms with Gasteiger partial charge in [0, 0.05) is 69.8 Å². The van der Waals surface area contributed by atoms with Gasteiger partial charge < -0.3 is 9.13 Å². The molecule has 0 bridgehead atoms. The lowest BCUT2D eigenvalue weighted by Gasteiger charge is -2.09. The summed E-state index contributed by atoms with van der Waals surface area (Å²) in [7, 11) is 0. The summed E-state index contributed by atoms with van der Waals surface area (Å²) in [6, 6.07) is 84.8. The highest BCUT2D eigenvalue weighted by Crippen LogP contribution is 2.42. The van der Waals surface area contributed by atoms with Crippen LogP contribution in [-0.4, -0.2) is 24.1 Å². The first kappa shape index (κ1) is 39.2. The van der Waals surface area contributed by atoms with Crippen molar-refractivity contribution < 1.29 is 0 Å². The average Bonchev–Trinajstić information content (AvgIpc) is 4.08. The molecule has 14 rings (SSSR count). The Bertz CT molecular complexity index is 4230. The molecule has 0 N–H and O–H groups in total. The van der Waals surface area contributed by atoms with Gasteiger partial charge in [0.25, 0.3) is 0 Å². The molecule has 14 aromatic rings. The van der Waals surface area contributed by atoms with Crippen LogP contribution in [0.5, 0.6) is 0 Å². The van der Waals surface area contributed by atoms with Gasteiger partial charge in [-0.15, -0.1) is 11.3 Å². The highest BCUT2D eigenvalue weighted by molar-refractivity contribution is 7.25. The summed E-state index contributed by atoms with van der Waals surface area (Å²) in [5, 5.41) is 7.32. The third-order valence-corrected chi connectivity index (χ3v) is 14.7. The van der Waals surface area contributed by atoms with Gasteiger partial charge in [-0.25, -0.2) is 15.0 Å². The van der Waals surface area contributed by atoms with Crippen molar-refractivity contribution in [2.45, 2.75) is 0 Å². The van der Waals surface area contributed by atoms with Gasteiger partial charge in [-0.1, -0.05) is 140 Å². The molecule has 10 aromatic carbocycles. The second-order valence-electron chi connectivity index (χ2n) is 17.6. The molecule has 0 aliphatic heterocycles. The summed E-state index contributed by atoms with van der Waals surface area (Å²) in [6.45, 7) is 0. The molecule has 6 heteroatoms. The van der Waals surface area contributed by atoms with Gasteiger partial charge in [0.2, 0.25) is 0 Å². The van der Waals surface area contributed by atoms with E-state index < -0.39 is 0 Å². The van der Waals surface area contributed by atoms with Gasteiger partial charge in [-0.05, 0) is 119 Å². The number of aromatic nitrogens is 5. The van der Waals surface area contributed by atoms with Crippen molar-refractivity contribution in [3.8, 4) is 67.8 Å². The van der Waals surface area contributed by atoms with Crippen molar-refractivity contribution in [2.75, 3.05) is 0 Å². The predicted molar refractivity (Wildman–Crippen MR) is 289 cm³/mol. The van der Waals surface area contributed by atoms with Crippen LogP contribution in [0.15, 0.2) is 237 Å². The lowest BCUT2D eigenvalue weighted by atomic mass is 9.98. The van der Waals surface area contributed by atoms with E-state index in [2.05, 4.69) is 185 Å². The molecular weight excluding hydrogens is 859 g/mol. The van der Waals surface area contributed by atoms with Gasteiger partial charge in [0.05, 0.1) is 22.1 Å². The largest absolute Gasteiger partial charge is 0.309 e. The Morgan fingerprint density at radius 3 is 1.06 bits per heavy atom. The minimum atomic E-state index is 0.651. The number of para-hydroxylation sites is 3. The van der Waals surface area contributed by atoms with Crippen molar-refractivity contribution in [1.29, 1.82) is 0 Å². The van der Waals surface area contributed by atoms with Crippen LogP contribution < -0.4 is 0 Å². The molecule has 0 radical (unpaired) electrons. The molecule has 4 heterocycles. The summed E-state index contributed by atoms with van der Waals surface area (Å²) in [5.41, 5.74) is 14.6. The van der Waals surface area contributed by atoms with E-state index in [0.29, 0.717) is 17.5 Å². The molecule has 69 heavy (non-hydrogen) atoms. The molecular formula is C63H39N5S. The summed E-state index contributed by atoms with van der Waals surface area (Å²) < 4.78 is 7.25. The van der Waals surface area contributed by atoms with E-state index >= 15 is 0 Å². The van der Waals surface area contributed by atoms with Crippen molar-refractivity contribution in [2.24, 2.45) is 0 Å². The van der Waals surface area contributed by atoms with Crippen LogP contribution in [0.1, 0.15) is 0 Å². The van der Waals surface area contributed by atoms with Gasteiger partial charge >= 0.3 is 0 Å². The molecule has 5 nitrogen and oxygen atoms in total. The van der Waals surface area contributed by atoms with Crippen molar-refractivity contribution in [3.05, 3.63) is 237 Å². The molecule has 0 saturated heterocycles. The molecule has 0 aliphatic rings. The maximum atomic E-state index is 5.05. The Morgan fingerprint density at radius 2 is 0.580 bits per heavy atom. The first-order valence-electron chi connectivity index (χ1n) is 23.3. The Kier molecular flexibility index (Phi) is 9.00. The molecule has 0 aliphatic carbocycles. The highest BCUT2D eigenvalue weighted by Gasteiger charge is 2.19. The number of hydrogen-bond donors (Lipinski definition) is 0. The number of benzene rings is 10. The standard InChI is InChI=1S/C63H39N5S/c1-5-15-40(16-6-1)61-64-62(41-17-7-2-8-18-41)66-63(65-61)46-29-34-60-54(39-46)53-38-45(28-33-59(53)69-60)44-27-32-58-52(37-44)51-36-43(26-31-57(51)68(58)48-21-11-4-12-22-48)42-25-30-56-50(35-42)49-23-13-14-24-55(49)67(56)47-19-9-3-10-20-47/h1-39H. The van der Waals surface area contributed by atoms with Crippen LogP contribution in [0.2, 0.25) is 0 Å². The van der Waals surface area contributed by atoms with Crippen molar-refractivity contribution in [3.63, 3.8) is 0 Å². The normalized spacial score (nSPS) is 11.8. The fourth-order valence-corrected chi connectivity index (χ4v) is 11.3. The molecule has 0 unspecified atom stereocenters. The van der Waals surface area contributed by atoms with E-state index in [1.807, 2.05) is 72.0 Å². The predicted octanol–water partition coefficient (Wildman–Crippen LogP) is 16.8. The smallest absolute Gasteiger partial charge is 0.164 e. The summed E-state index contributed by atoms with van der Waals surface area (Å²) in [6.07, 6.45) is 0. The Balaban J connectivity index is 0.904. The number of fused-ring (bicyclic) bond motifs is 9. The van der Waals surface area contributed by atoms with Crippen LogP contribution in [0.25, 0.3) is 132 Å². The van der Waals surface area contributed by atoms with Crippen LogP contribution in [0.3, 0.4) is 0 Å². The zero-order chi connectivity index (χ0) is 45.4. The van der Waals surface area contributed by atoms with Gasteiger partial charge in [-0.3, -0.25) is 0 Å². The average molecular weight is 898 g/mol. The monoisotopic (exact) mass is 897 g/mol. The van der Waals surface area contributed by atoms with Crippen LogP contribution in [0, 0.1) is 0 Å². The number of hydrogen-bond acceptors (Lipinski definition) is 4.